The summed E-state index contributed by atoms with van der Waals surface area (Å²) >= 11 is 0. The number of nitrogens with two attached hydrogens (primary N) is 2. The van der Waals surface area contributed by atoms with Crippen LogP contribution in [0.15, 0.2) is 40.2 Å². The van der Waals surface area contributed by atoms with Crippen LogP contribution >= 0.6 is 0 Å². The van der Waals surface area contributed by atoms with Crippen molar-refractivity contribution < 1.29 is 4.52 Å². The average Bonchev–Trinajstić information content (AvgIpc) is 3.23. The lowest BCUT2D eigenvalue weighted by molar-refractivity contribution is 0.419. The Morgan fingerprint density at radius 2 is 2.11 bits per heavy atom. The van der Waals surface area contributed by atoms with E-state index in [-0.39, 0.29) is 23.0 Å². The third kappa shape index (κ3) is 2.69. The van der Waals surface area contributed by atoms with Crippen molar-refractivity contribution in [2.45, 2.75) is 6.04 Å². The van der Waals surface area contributed by atoms with Gasteiger partial charge in [0.05, 0.1) is 5.69 Å². The van der Waals surface area contributed by atoms with E-state index < -0.39 is 6.04 Å². The van der Waals surface area contributed by atoms with E-state index in [0.717, 1.165) is 5.56 Å². The summed E-state index contributed by atoms with van der Waals surface area (Å²) in [6, 6.07) is 8.61. The first-order valence-corrected chi connectivity index (χ1v) is 7.98. The maximum atomic E-state index is 9.37. The van der Waals surface area contributed by atoms with Crippen LogP contribution in [0.2, 0.25) is 0 Å². The molecule has 3 aromatic rings. The quantitative estimate of drug-likeness (QED) is 0.374. The molecule has 0 fully saturated rings. The Bertz CT molecular complexity index is 1170. The molecule has 0 saturated carbocycles. The second kappa shape index (κ2) is 6.59. The van der Waals surface area contributed by atoms with Gasteiger partial charge in [-0.2, -0.15) is 15.5 Å². The summed E-state index contributed by atoms with van der Waals surface area (Å²) in [7, 11) is 0. The van der Waals surface area contributed by atoms with Gasteiger partial charge < -0.3 is 21.3 Å². The number of guanidine groups is 1. The largest absolute Gasteiger partial charge is 0.397 e. The number of nitrogen functional groups attached to an aromatic ring is 2. The summed E-state index contributed by atoms with van der Waals surface area (Å²) in [5, 5.41) is 27.5. The van der Waals surface area contributed by atoms with Crippen LogP contribution < -0.4 is 22.1 Å². The summed E-state index contributed by atoms with van der Waals surface area (Å²) in [6.45, 7) is 0. The predicted octanol–water partition coefficient (Wildman–Crippen LogP) is 1.11. The maximum Gasteiger partial charge on any atom is 0.214 e. The maximum absolute atomic E-state index is 9.37. The SMILES string of the molecule is N#CNC1=NC(c2cccc(-c3ncon3)c2)c2c(nc(N)c(C#N)c2N)N1. The molecule has 6 N–H and O–H groups in total. The highest BCUT2D eigenvalue weighted by Gasteiger charge is 2.29. The van der Waals surface area contributed by atoms with Gasteiger partial charge in [0, 0.05) is 11.1 Å². The fraction of sp³-hybridized carbons (Fsp3) is 0.0588. The van der Waals surface area contributed by atoms with Gasteiger partial charge in [-0.1, -0.05) is 23.4 Å². The van der Waals surface area contributed by atoms with Gasteiger partial charge in [-0.3, -0.25) is 5.32 Å². The highest BCUT2D eigenvalue weighted by Crippen LogP contribution is 2.40. The fourth-order valence-electron chi connectivity index (χ4n) is 2.97. The van der Waals surface area contributed by atoms with Crippen molar-refractivity contribution in [3.8, 4) is 23.7 Å². The van der Waals surface area contributed by atoms with Crippen molar-refractivity contribution in [2.24, 2.45) is 4.99 Å². The normalized spacial score (nSPS) is 14.8. The first kappa shape index (κ1) is 16.8. The third-order valence-corrected chi connectivity index (χ3v) is 4.18. The molecule has 11 heteroatoms. The molecule has 2 aromatic heterocycles. The van der Waals surface area contributed by atoms with Crippen LogP contribution in [0.4, 0.5) is 17.3 Å². The molecule has 1 aliphatic rings. The molecule has 4 rings (SSSR count). The van der Waals surface area contributed by atoms with Gasteiger partial charge in [0.2, 0.25) is 18.2 Å². The van der Waals surface area contributed by atoms with Gasteiger partial charge >= 0.3 is 0 Å². The van der Waals surface area contributed by atoms with Crippen molar-refractivity contribution in [3.63, 3.8) is 0 Å². The second-order valence-corrected chi connectivity index (χ2v) is 5.78. The Balaban J connectivity index is 1.91. The van der Waals surface area contributed by atoms with Crippen LogP contribution in [0.25, 0.3) is 11.4 Å². The highest BCUT2D eigenvalue weighted by molar-refractivity contribution is 5.98. The van der Waals surface area contributed by atoms with Gasteiger partial charge in [-0.05, 0) is 11.6 Å². The number of hydrogen-bond acceptors (Lipinski definition) is 11. The number of fused-ring (bicyclic) bond motifs is 1. The molecule has 3 heterocycles. The number of aromatic nitrogens is 3. The van der Waals surface area contributed by atoms with E-state index in [9.17, 15) is 5.26 Å². The summed E-state index contributed by atoms with van der Waals surface area (Å²) in [4.78, 5) is 12.8. The number of anilines is 3. The highest BCUT2D eigenvalue weighted by atomic mass is 16.5. The molecule has 28 heavy (non-hydrogen) atoms. The van der Waals surface area contributed by atoms with E-state index in [2.05, 4.69) is 30.8 Å². The van der Waals surface area contributed by atoms with Crippen molar-refractivity contribution in [1.82, 2.24) is 20.4 Å². The van der Waals surface area contributed by atoms with Gasteiger partial charge in [0.1, 0.15) is 29.3 Å². The van der Waals surface area contributed by atoms with E-state index in [1.54, 1.807) is 0 Å². The smallest absolute Gasteiger partial charge is 0.214 e. The number of nitrogens with zero attached hydrogens (tertiary/aromatic N) is 6. The molecule has 136 valence electrons. The van der Waals surface area contributed by atoms with Crippen LogP contribution in [0, 0.1) is 22.8 Å². The molecule has 1 unspecified atom stereocenters. The Labute approximate surface area is 158 Å². The Morgan fingerprint density at radius 3 is 2.82 bits per heavy atom. The lowest BCUT2D eigenvalue weighted by atomic mass is 9.94. The molecule has 1 atom stereocenters. The number of hydrogen-bond donors (Lipinski definition) is 4. The van der Waals surface area contributed by atoms with Gasteiger partial charge in [-0.15, -0.1) is 0 Å². The molecular formula is C17H12N10O. The number of benzene rings is 1. The van der Waals surface area contributed by atoms with Crippen LogP contribution in [0.1, 0.15) is 22.7 Å². The van der Waals surface area contributed by atoms with Crippen molar-refractivity contribution >= 4 is 23.3 Å². The van der Waals surface area contributed by atoms with Crippen LogP contribution in [-0.4, -0.2) is 21.1 Å². The molecule has 0 bridgehead atoms. The van der Waals surface area contributed by atoms with Crippen LogP contribution in [-0.2, 0) is 0 Å². The second-order valence-electron chi connectivity index (χ2n) is 5.78. The van der Waals surface area contributed by atoms with Crippen LogP contribution in [0.5, 0.6) is 0 Å². The van der Waals surface area contributed by atoms with Gasteiger partial charge in [-0.25, -0.2) is 9.98 Å². The van der Waals surface area contributed by atoms with Crippen molar-refractivity contribution in [2.75, 3.05) is 16.8 Å². The number of nitriles is 2. The zero-order valence-corrected chi connectivity index (χ0v) is 14.2. The Morgan fingerprint density at radius 1 is 1.25 bits per heavy atom. The molecule has 1 aromatic carbocycles. The molecular weight excluding hydrogens is 360 g/mol. The minimum Gasteiger partial charge on any atom is -0.397 e. The molecule has 0 aliphatic carbocycles. The topological polar surface area (TPSA) is 188 Å². The predicted molar refractivity (Wildman–Crippen MR) is 99.2 cm³/mol. The first-order chi connectivity index (χ1) is 13.6. The molecule has 11 nitrogen and oxygen atoms in total. The van der Waals surface area contributed by atoms with E-state index in [4.69, 9.17) is 21.3 Å². The zero-order valence-electron chi connectivity index (χ0n) is 14.2. The number of rotatable bonds is 2. The average molecular weight is 372 g/mol. The summed E-state index contributed by atoms with van der Waals surface area (Å²) < 4.78 is 4.80. The van der Waals surface area contributed by atoms with Gasteiger partial charge in [0.15, 0.2) is 6.19 Å². The summed E-state index contributed by atoms with van der Waals surface area (Å²) in [5.74, 6) is 0.901. The minimum atomic E-state index is -0.640. The third-order valence-electron chi connectivity index (χ3n) is 4.18. The molecule has 0 saturated heterocycles. The number of pyridine rings is 1. The van der Waals surface area contributed by atoms with E-state index in [1.165, 1.54) is 6.39 Å². The lowest BCUT2D eigenvalue weighted by Gasteiger charge is -2.26. The lowest BCUT2D eigenvalue weighted by Crippen LogP contribution is -2.32. The fourth-order valence-corrected chi connectivity index (χ4v) is 2.97. The number of nitrogens with one attached hydrogen (secondary N) is 2. The monoisotopic (exact) mass is 372 g/mol. The first-order valence-electron chi connectivity index (χ1n) is 7.98. The van der Waals surface area contributed by atoms with Gasteiger partial charge in [0.25, 0.3) is 0 Å². The zero-order chi connectivity index (χ0) is 19.7. The Hall–Kier alpha value is -4.64. The standard InChI is InChI=1S/C17H12N10O/c18-5-10-12(20)11-13(24-17(22-6-19)26-16(11)25-14(10)21)8-2-1-3-9(4-8)15-23-7-28-27-15/h1-4,7,13H,(H6,20,21,22,24,25,26). The summed E-state index contributed by atoms with van der Waals surface area (Å²) in [6.07, 6.45) is 3.04. The molecule has 0 amide bonds. The molecule has 0 radical (unpaired) electrons. The van der Waals surface area contributed by atoms with Crippen molar-refractivity contribution in [1.29, 1.82) is 10.5 Å². The van der Waals surface area contributed by atoms with Crippen LogP contribution in [0.3, 0.4) is 0 Å². The summed E-state index contributed by atoms with van der Waals surface area (Å²) in [5.41, 5.74) is 14.2. The minimum absolute atomic E-state index is 0.0104. The van der Waals surface area contributed by atoms with E-state index in [0.29, 0.717) is 22.8 Å². The molecule has 1 aliphatic heterocycles. The van der Waals surface area contributed by atoms with E-state index >= 15 is 0 Å². The molecule has 0 spiro atoms. The van der Waals surface area contributed by atoms with E-state index in [1.807, 2.05) is 36.5 Å². The van der Waals surface area contributed by atoms with Crippen molar-refractivity contribution in [3.05, 3.63) is 47.3 Å². The Kier molecular flexibility index (Phi) is 3.95. The number of aliphatic imine (C=N–C) groups is 1.